The molecule has 0 unspecified atom stereocenters. The van der Waals surface area contributed by atoms with Crippen LogP contribution < -0.4 is 10.7 Å². The normalized spacial score (nSPS) is 11.9. The van der Waals surface area contributed by atoms with Crippen LogP contribution >= 0.6 is 15.9 Å². The van der Waals surface area contributed by atoms with Gasteiger partial charge in [-0.3, -0.25) is 14.9 Å². The van der Waals surface area contributed by atoms with E-state index in [2.05, 4.69) is 31.8 Å². The Balaban J connectivity index is 1.96. The highest BCUT2D eigenvalue weighted by molar-refractivity contribution is 9.10. The van der Waals surface area contributed by atoms with Gasteiger partial charge in [-0.25, -0.2) is 5.43 Å². The summed E-state index contributed by atoms with van der Waals surface area (Å²) in [7, 11) is 0. The minimum atomic E-state index is -0.584. The van der Waals surface area contributed by atoms with E-state index in [9.17, 15) is 20.0 Å². The summed E-state index contributed by atoms with van der Waals surface area (Å²) in [6.07, 6.45) is 1.15. The van der Waals surface area contributed by atoms with Gasteiger partial charge in [-0.1, -0.05) is 15.9 Å². The highest BCUT2D eigenvalue weighted by Gasteiger charge is 2.12. The van der Waals surface area contributed by atoms with Gasteiger partial charge in [0.1, 0.15) is 11.8 Å². The number of hydrogen-bond donors (Lipinski definition) is 3. The molecule has 0 saturated carbocycles. The smallest absolute Gasteiger partial charge is 0.270 e. The first-order chi connectivity index (χ1) is 11.9. The van der Waals surface area contributed by atoms with Gasteiger partial charge in [0, 0.05) is 27.9 Å². The predicted octanol–water partition coefficient (Wildman–Crippen LogP) is 3.01. The van der Waals surface area contributed by atoms with Crippen molar-refractivity contribution in [2.75, 3.05) is 5.32 Å². The van der Waals surface area contributed by atoms with E-state index in [1.165, 1.54) is 12.1 Å². The molecule has 1 amide bonds. The number of nitrogens with one attached hydrogen (secondary N) is 2. The summed E-state index contributed by atoms with van der Waals surface area (Å²) in [5.74, 6) is -0.575. The molecular formula is C16H15BrN4O4. The zero-order valence-electron chi connectivity index (χ0n) is 13.1. The Bertz CT molecular complexity index is 808. The standard InChI is InChI=1S/C16H15BrN4O4/c1-10(19-13-4-2-12(17)3-5-13)16(23)20-18-9-11-8-14(21(24)25)6-7-15(11)22/h2-10,19,22H,1H3,(H,20,23)/b18-9+/t10-/m1/s1. The number of anilines is 1. The van der Waals surface area contributed by atoms with Crippen LogP contribution in [0.3, 0.4) is 0 Å². The number of nitro benzene ring substituents is 1. The maximum Gasteiger partial charge on any atom is 0.270 e. The van der Waals surface area contributed by atoms with Gasteiger partial charge >= 0.3 is 0 Å². The van der Waals surface area contributed by atoms with Crippen LogP contribution in [0.15, 0.2) is 52.0 Å². The quantitative estimate of drug-likeness (QED) is 0.387. The van der Waals surface area contributed by atoms with Crippen LogP contribution in [0.2, 0.25) is 0 Å². The van der Waals surface area contributed by atoms with Crippen molar-refractivity contribution in [2.24, 2.45) is 5.10 Å². The third-order valence-corrected chi connectivity index (χ3v) is 3.75. The van der Waals surface area contributed by atoms with Crippen molar-refractivity contribution in [3.63, 3.8) is 0 Å². The van der Waals surface area contributed by atoms with Crippen molar-refractivity contribution < 1.29 is 14.8 Å². The molecule has 0 saturated heterocycles. The van der Waals surface area contributed by atoms with Gasteiger partial charge < -0.3 is 10.4 Å². The van der Waals surface area contributed by atoms with Crippen molar-refractivity contribution >= 4 is 39.4 Å². The molecule has 0 aromatic heterocycles. The van der Waals surface area contributed by atoms with E-state index in [0.29, 0.717) is 0 Å². The molecule has 0 aliphatic rings. The number of rotatable bonds is 6. The Morgan fingerprint density at radius 1 is 1.32 bits per heavy atom. The van der Waals surface area contributed by atoms with Crippen molar-refractivity contribution in [1.82, 2.24) is 5.43 Å². The van der Waals surface area contributed by atoms with E-state index in [0.717, 1.165) is 22.4 Å². The number of amides is 1. The van der Waals surface area contributed by atoms with Crippen LogP contribution in [0.25, 0.3) is 0 Å². The summed E-state index contributed by atoms with van der Waals surface area (Å²) in [5, 5.41) is 27.1. The summed E-state index contributed by atoms with van der Waals surface area (Å²) in [6, 6.07) is 10.3. The SMILES string of the molecule is C[C@@H](Nc1ccc(Br)cc1)C(=O)N/N=C/c1cc([N+](=O)[O-])ccc1O. The molecule has 0 aliphatic heterocycles. The van der Waals surface area contributed by atoms with Gasteiger partial charge in [0.15, 0.2) is 0 Å². The number of benzene rings is 2. The molecule has 3 N–H and O–H groups in total. The molecule has 0 radical (unpaired) electrons. The van der Waals surface area contributed by atoms with E-state index in [1.807, 2.05) is 24.3 Å². The van der Waals surface area contributed by atoms with Gasteiger partial charge in [0.2, 0.25) is 0 Å². The number of non-ortho nitro benzene ring substituents is 1. The first-order valence-corrected chi connectivity index (χ1v) is 7.98. The fourth-order valence-corrected chi connectivity index (χ4v) is 2.15. The van der Waals surface area contributed by atoms with Gasteiger partial charge in [-0.15, -0.1) is 0 Å². The average Bonchev–Trinajstić information content (AvgIpc) is 2.58. The summed E-state index contributed by atoms with van der Waals surface area (Å²) < 4.78 is 0.927. The van der Waals surface area contributed by atoms with E-state index < -0.39 is 16.9 Å². The fraction of sp³-hybridized carbons (Fsp3) is 0.125. The summed E-state index contributed by atoms with van der Waals surface area (Å²) >= 11 is 3.33. The van der Waals surface area contributed by atoms with Crippen molar-refractivity contribution in [2.45, 2.75) is 13.0 Å². The van der Waals surface area contributed by atoms with Crippen LogP contribution in [-0.4, -0.2) is 28.2 Å². The highest BCUT2D eigenvalue weighted by atomic mass is 79.9. The highest BCUT2D eigenvalue weighted by Crippen LogP contribution is 2.21. The number of halogens is 1. The van der Waals surface area contributed by atoms with Crippen LogP contribution in [-0.2, 0) is 4.79 Å². The molecule has 9 heteroatoms. The van der Waals surface area contributed by atoms with E-state index in [4.69, 9.17) is 0 Å². The zero-order valence-corrected chi connectivity index (χ0v) is 14.7. The minimum Gasteiger partial charge on any atom is -0.507 e. The van der Waals surface area contributed by atoms with Crippen molar-refractivity contribution in [1.29, 1.82) is 0 Å². The van der Waals surface area contributed by atoms with Crippen LogP contribution in [0.1, 0.15) is 12.5 Å². The Morgan fingerprint density at radius 3 is 2.64 bits per heavy atom. The van der Waals surface area contributed by atoms with E-state index in [-0.39, 0.29) is 17.0 Å². The van der Waals surface area contributed by atoms with Gasteiger partial charge in [0.05, 0.1) is 11.1 Å². The summed E-state index contributed by atoms with van der Waals surface area (Å²) in [4.78, 5) is 22.1. The number of hydrazone groups is 1. The molecule has 1 atom stereocenters. The lowest BCUT2D eigenvalue weighted by Crippen LogP contribution is -2.34. The maximum atomic E-state index is 12.0. The number of hydrogen-bond acceptors (Lipinski definition) is 6. The number of nitro groups is 1. The number of carbonyl (C=O) groups is 1. The molecule has 0 aliphatic carbocycles. The number of phenols is 1. The number of nitrogens with zero attached hydrogens (tertiary/aromatic N) is 2. The number of aromatic hydroxyl groups is 1. The Morgan fingerprint density at radius 2 is 2.00 bits per heavy atom. The first-order valence-electron chi connectivity index (χ1n) is 7.19. The monoisotopic (exact) mass is 406 g/mol. The molecule has 2 aromatic carbocycles. The second-order valence-corrected chi connectivity index (χ2v) is 6.02. The van der Waals surface area contributed by atoms with Crippen LogP contribution in [0.4, 0.5) is 11.4 Å². The topological polar surface area (TPSA) is 117 Å². The van der Waals surface area contributed by atoms with Gasteiger partial charge in [-0.2, -0.15) is 5.10 Å². The molecule has 2 rings (SSSR count). The third kappa shape index (κ3) is 5.28. The minimum absolute atomic E-state index is 0.128. The number of phenolic OH excluding ortho intramolecular Hbond substituents is 1. The maximum absolute atomic E-state index is 12.0. The van der Waals surface area contributed by atoms with E-state index in [1.54, 1.807) is 6.92 Å². The Hall–Kier alpha value is -2.94. The molecule has 130 valence electrons. The summed E-state index contributed by atoms with van der Waals surface area (Å²) in [6.45, 7) is 1.66. The van der Waals surface area contributed by atoms with Crippen LogP contribution in [0.5, 0.6) is 5.75 Å². The molecule has 0 bridgehead atoms. The second-order valence-electron chi connectivity index (χ2n) is 5.11. The molecule has 0 heterocycles. The molecule has 0 spiro atoms. The van der Waals surface area contributed by atoms with Crippen molar-refractivity contribution in [3.8, 4) is 5.75 Å². The predicted molar refractivity (Wildman–Crippen MR) is 97.7 cm³/mol. The molecule has 2 aromatic rings. The lowest BCUT2D eigenvalue weighted by molar-refractivity contribution is -0.384. The molecular weight excluding hydrogens is 392 g/mol. The molecule has 25 heavy (non-hydrogen) atoms. The second kappa shape index (κ2) is 8.25. The van der Waals surface area contributed by atoms with Gasteiger partial charge in [0.25, 0.3) is 11.6 Å². The van der Waals surface area contributed by atoms with E-state index >= 15 is 0 Å². The van der Waals surface area contributed by atoms with Gasteiger partial charge in [-0.05, 0) is 37.3 Å². The number of carbonyl (C=O) groups excluding carboxylic acids is 1. The largest absolute Gasteiger partial charge is 0.507 e. The Kier molecular flexibility index (Phi) is 6.07. The lowest BCUT2D eigenvalue weighted by Gasteiger charge is -2.13. The first kappa shape index (κ1) is 18.4. The fourth-order valence-electron chi connectivity index (χ4n) is 1.88. The zero-order chi connectivity index (χ0) is 18.4. The molecule has 0 fully saturated rings. The van der Waals surface area contributed by atoms with Crippen LogP contribution in [0, 0.1) is 10.1 Å². The Labute approximate surface area is 151 Å². The third-order valence-electron chi connectivity index (χ3n) is 3.22. The lowest BCUT2D eigenvalue weighted by atomic mass is 10.2. The van der Waals surface area contributed by atoms with Crippen molar-refractivity contribution in [3.05, 3.63) is 62.6 Å². The average molecular weight is 407 g/mol. The molecule has 8 nitrogen and oxygen atoms in total. The summed E-state index contributed by atoms with van der Waals surface area (Å²) in [5.41, 5.74) is 3.03.